The van der Waals surface area contributed by atoms with Gasteiger partial charge >= 0.3 is 0 Å². The van der Waals surface area contributed by atoms with Gasteiger partial charge in [-0.05, 0) is 25.7 Å². The molecule has 1 rings (SSSR count). The molecule has 0 aromatic heterocycles. The van der Waals surface area contributed by atoms with Gasteiger partial charge in [0.15, 0.2) is 0 Å². The molecule has 12 heavy (non-hydrogen) atoms. The van der Waals surface area contributed by atoms with Gasteiger partial charge in [0.2, 0.25) is 0 Å². The minimum absolute atomic E-state index is 0.0213. The van der Waals surface area contributed by atoms with E-state index in [1.54, 1.807) is 0 Å². The maximum absolute atomic E-state index is 4.37. The molecule has 0 radical (unpaired) electrons. The van der Waals surface area contributed by atoms with Gasteiger partial charge in [-0.25, -0.2) is 0 Å². The van der Waals surface area contributed by atoms with E-state index in [0.29, 0.717) is 0 Å². The molecule has 1 heterocycles. The highest BCUT2D eigenvalue weighted by molar-refractivity contribution is 5.08. The van der Waals surface area contributed by atoms with Gasteiger partial charge in [0, 0.05) is 0 Å². The molecule has 1 unspecified atom stereocenters. The maximum Gasteiger partial charge on any atom is 0.0875 e. The zero-order valence-corrected chi connectivity index (χ0v) is 8.68. The fourth-order valence-corrected chi connectivity index (χ4v) is 1.07. The van der Waals surface area contributed by atoms with Crippen LogP contribution in [0.1, 0.15) is 41.0 Å². The molecule has 0 N–H and O–H groups in total. The van der Waals surface area contributed by atoms with E-state index >= 15 is 0 Å². The molecular weight excluding hydrogens is 148 g/mol. The Hall–Kier alpha value is -0.660. The normalized spacial score (nSPS) is 30.2. The summed E-state index contributed by atoms with van der Waals surface area (Å²) in [4.78, 5) is 0. The van der Waals surface area contributed by atoms with E-state index in [1.807, 2.05) is 6.92 Å². The highest BCUT2D eigenvalue weighted by Crippen LogP contribution is 2.39. The highest BCUT2D eigenvalue weighted by Gasteiger charge is 2.38. The summed E-state index contributed by atoms with van der Waals surface area (Å²) >= 11 is 0. The summed E-state index contributed by atoms with van der Waals surface area (Å²) in [5, 5.41) is 8.51. The van der Waals surface area contributed by atoms with E-state index in [2.05, 4.69) is 44.0 Å². The van der Waals surface area contributed by atoms with Crippen molar-refractivity contribution in [3.63, 3.8) is 0 Å². The third-order valence-electron chi connectivity index (χ3n) is 2.84. The Labute approximate surface area is 74.8 Å². The second-order valence-corrected chi connectivity index (χ2v) is 4.77. The fourth-order valence-electron chi connectivity index (χ4n) is 1.07. The third-order valence-corrected chi connectivity index (χ3v) is 2.84. The monoisotopic (exact) mass is 166 g/mol. The van der Waals surface area contributed by atoms with Gasteiger partial charge in [-0.2, -0.15) is 10.2 Å². The van der Waals surface area contributed by atoms with Crippen LogP contribution in [0, 0.1) is 5.41 Å². The molecule has 0 aliphatic carbocycles. The molecule has 0 spiro atoms. The van der Waals surface area contributed by atoms with Crippen molar-refractivity contribution in [1.29, 1.82) is 0 Å². The van der Waals surface area contributed by atoms with Crippen LogP contribution in [0.4, 0.5) is 0 Å². The van der Waals surface area contributed by atoms with E-state index in [9.17, 15) is 0 Å². The van der Waals surface area contributed by atoms with Gasteiger partial charge in [-0.3, -0.25) is 0 Å². The van der Waals surface area contributed by atoms with E-state index in [0.717, 1.165) is 12.1 Å². The van der Waals surface area contributed by atoms with Gasteiger partial charge in [0.1, 0.15) is 0 Å². The van der Waals surface area contributed by atoms with E-state index in [-0.39, 0.29) is 11.0 Å². The van der Waals surface area contributed by atoms with E-state index < -0.39 is 0 Å². The summed E-state index contributed by atoms with van der Waals surface area (Å²) in [6, 6.07) is 0. The predicted octanol–water partition coefficient (Wildman–Crippen LogP) is 3.55. The van der Waals surface area contributed by atoms with Crippen LogP contribution in [0.5, 0.6) is 0 Å². The average Bonchev–Trinajstić information content (AvgIpc) is 1.93. The van der Waals surface area contributed by atoms with Gasteiger partial charge in [-0.15, -0.1) is 0 Å². The average molecular weight is 166 g/mol. The SMILES string of the molecule is CC1=CCC(C)(C(C)(C)C)N=N1. The number of hydrogen-bond donors (Lipinski definition) is 0. The van der Waals surface area contributed by atoms with Crippen LogP contribution in [0.3, 0.4) is 0 Å². The third kappa shape index (κ3) is 1.57. The number of rotatable bonds is 0. The zero-order chi connectivity index (χ0) is 9.41. The predicted molar refractivity (Wildman–Crippen MR) is 51.1 cm³/mol. The summed E-state index contributed by atoms with van der Waals surface area (Å²) in [6.07, 6.45) is 3.17. The largest absolute Gasteiger partial charge is 0.182 e. The fraction of sp³-hybridized carbons (Fsp3) is 0.800. The van der Waals surface area contributed by atoms with Crippen molar-refractivity contribution < 1.29 is 0 Å². The number of azo groups is 1. The van der Waals surface area contributed by atoms with Crippen LogP contribution >= 0.6 is 0 Å². The Morgan fingerprint density at radius 1 is 1.42 bits per heavy atom. The lowest BCUT2D eigenvalue weighted by molar-refractivity contribution is 0.199. The van der Waals surface area contributed by atoms with Gasteiger partial charge in [0.05, 0.1) is 11.2 Å². The van der Waals surface area contributed by atoms with Crippen molar-refractivity contribution in [3.8, 4) is 0 Å². The molecule has 1 atom stereocenters. The van der Waals surface area contributed by atoms with Crippen molar-refractivity contribution in [2.24, 2.45) is 15.6 Å². The summed E-state index contributed by atoms with van der Waals surface area (Å²) in [5.41, 5.74) is 1.21. The molecule has 0 fully saturated rings. The first-order valence-electron chi connectivity index (χ1n) is 4.45. The number of hydrogen-bond acceptors (Lipinski definition) is 2. The summed E-state index contributed by atoms with van der Waals surface area (Å²) in [5.74, 6) is 0. The molecule has 1 aliphatic rings. The Bertz CT molecular complexity index is 233. The second-order valence-electron chi connectivity index (χ2n) is 4.77. The molecule has 0 aromatic rings. The molecule has 2 nitrogen and oxygen atoms in total. The number of allylic oxidation sites excluding steroid dienone is 1. The van der Waals surface area contributed by atoms with Crippen LogP contribution in [0.2, 0.25) is 0 Å². The van der Waals surface area contributed by atoms with Gasteiger partial charge < -0.3 is 0 Å². The summed E-state index contributed by atoms with van der Waals surface area (Å²) < 4.78 is 0. The Morgan fingerprint density at radius 3 is 2.33 bits per heavy atom. The first-order valence-corrected chi connectivity index (χ1v) is 4.45. The van der Waals surface area contributed by atoms with Crippen LogP contribution in [0.15, 0.2) is 22.0 Å². The lowest BCUT2D eigenvalue weighted by Gasteiger charge is -2.38. The van der Waals surface area contributed by atoms with Crippen molar-refractivity contribution in [2.75, 3.05) is 0 Å². The van der Waals surface area contributed by atoms with Gasteiger partial charge in [-0.1, -0.05) is 26.8 Å². The van der Waals surface area contributed by atoms with Crippen LogP contribution < -0.4 is 0 Å². The lowest BCUT2D eigenvalue weighted by atomic mass is 9.73. The summed E-state index contributed by atoms with van der Waals surface area (Å²) in [6.45, 7) is 10.8. The first kappa shape index (κ1) is 9.43. The molecule has 0 amide bonds. The Morgan fingerprint density at radius 2 is 2.00 bits per heavy atom. The Balaban J connectivity index is 2.86. The van der Waals surface area contributed by atoms with Crippen molar-refractivity contribution in [2.45, 2.75) is 46.6 Å². The molecule has 0 aromatic carbocycles. The smallest absolute Gasteiger partial charge is 0.0875 e. The quantitative estimate of drug-likeness (QED) is 0.525. The lowest BCUT2D eigenvalue weighted by Crippen LogP contribution is -2.38. The van der Waals surface area contributed by atoms with Crippen LogP contribution in [-0.4, -0.2) is 5.54 Å². The molecule has 1 aliphatic heterocycles. The van der Waals surface area contributed by atoms with Crippen molar-refractivity contribution in [3.05, 3.63) is 11.8 Å². The van der Waals surface area contributed by atoms with Crippen LogP contribution in [-0.2, 0) is 0 Å². The molecule has 2 heteroatoms. The molecule has 0 saturated carbocycles. The molecular formula is C10H18N2. The topological polar surface area (TPSA) is 24.7 Å². The molecule has 0 saturated heterocycles. The van der Waals surface area contributed by atoms with E-state index in [4.69, 9.17) is 0 Å². The highest BCUT2D eigenvalue weighted by atomic mass is 15.2. The van der Waals surface area contributed by atoms with E-state index in [1.165, 1.54) is 0 Å². The van der Waals surface area contributed by atoms with Crippen molar-refractivity contribution >= 4 is 0 Å². The molecule has 0 bridgehead atoms. The minimum atomic E-state index is -0.0213. The van der Waals surface area contributed by atoms with Crippen LogP contribution in [0.25, 0.3) is 0 Å². The Kier molecular flexibility index (Phi) is 2.11. The minimum Gasteiger partial charge on any atom is -0.182 e. The standard InChI is InChI=1S/C10H18N2/c1-8-6-7-10(5,12-11-8)9(2,3)4/h6H,7H2,1-5H3. The van der Waals surface area contributed by atoms with Crippen molar-refractivity contribution in [1.82, 2.24) is 0 Å². The number of nitrogens with zero attached hydrogens (tertiary/aromatic N) is 2. The molecule has 68 valence electrons. The maximum atomic E-state index is 4.37. The van der Waals surface area contributed by atoms with Gasteiger partial charge in [0.25, 0.3) is 0 Å². The second kappa shape index (κ2) is 2.68. The zero-order valence-electron chi connectivity index (χ0n) is 8.68. The first-order chi connectivity index (χ1) is 5.35. The summed E-state index contributed by atoms with van der Waals surface area (Å²) in [7, 11) is 0.